The molecule has 1 aromatic heterocycles. The fraction of sp³-hybridized carbons (Fsp3) is 0.375. The Labute approximate surface area is 113 Å². The first-order chi connectivity index (χ1) is 9.31. The number of hydrogen-bond acceptors (Lipinski definition) is 2. The second-order valence-corrected chi connectivity index (χ2v) is 4.71. The molecule has 2 nitrogen and oxygen atoms in total. The van der Waals surface area contributed by atoms with Crippen LogP contribution in [-0.2, 0) is 6.42 Å². The Hall–Kier alpha value is -1.61. The fourth-order valence-corrected chi connectivity index (χ4v) is 2.22. The summed E-state index contributed by atoms with van der Waals surface area (Å²) < 4.78 is 19.3. The van der Waals surface area contributed by atoms with Gasteiger partial charge in [0.05, 0.1) is 6.26 Å². The van der Waals surface area contributed by atoms with Gasteiger partial charge < -0.3 is 9.73 Å². The first-order valence-corrected chi connectivity index (χ1v) is 6.78. The standard InChI is InChI=1S/C16H20FNO/c1-2-9-18-12-13(11-14-6-5-10-19-14)15-7-3-4-8-16(15)17/h3-8,10,13,18H,2,9,11-12H2,1H3. The summed E-state index contributed by atoms with van der Waals surface area (Å²) in [5.74, 6) is 0.850. The average Bonchev–Trinajstić information content (AvgIpc) is 2.91. The lowest BCUT2D eigenvalue weighted by molar-refractivity contribution is 0.464. The van der Waals surface area contributed by atoms with Crippen molar-refractivity contribution in [1.29, 1.82) is 0 Å². The van der Waals surface area contributed by atoms with E-state index in [2.05, 4.69) is 12.2 Å². The van der Waals surface area contributed by atoms with Crippen LogP contribution in [0.2, 0.25) is 0 Å². The van der Waals surface area contributed by atoms with Gasteiger partial charge in [-0.25, -0.2) is 4.39 Å². The lowest BCUT2D eigenvalue weighted by atomic mass is 9.94. The maximum Gasteiger partial charge on any atom is 0.126 e. The average molecular weight is 261 g/mol. The molecule has 1 aromatic carbocycles. The van der Waals surface area contributed by atoms with Gasteiger partial charge in [-0.05, 0) is 36.7 Å². The van der Waals surface area contributed by atoms with Gasteiger partial charge in [-0.1, -0.05) is 25.1 Å². The molecule has 2 aromatic rings. The van der Waals surface area contributed by atoms with Gasteiger partial charge in [0.2, 0.25) is 0 Å². The molecule has 1 heterocycles. The first-order valence-electron chi connectivity index (χ1n) is 6.78. The molecule has 0 amide bonds. The molecule has 2 rings (SSSR count). The SMILES string of the molecule is CCCNCC(Cc1ccco1)c1ccccc1F. The fourth-order valence-electron chi connectivity index (χ4n) is 2.22. The van der Waals surface area contributed by atoms with E-state index in [9.17, 15) is 4.39 Å². The second-order valence-electron chi connectivity index (χ2n) is 4.71. The molecule has 0 radical (unpaired) electrons. The predicted molar refractivity (Wildman–Crippen MR) is 74.7 cm³/mol. The molecule has 0 bridgehead atoms. The van der Waals surface area contributed by atoms with E-state index in [-0.39, 0.29) is 11.7 Å². The normalized spacial score (nSPS) is 12.5. The third kappa shape index (κ3) is 3.93. The largest absolute Gasteiger partial charge is 0.469 e. The van der Waals surface area contributed by atoms with Crippen LogP contribution in [0.1, 0.15) is 30.6 Å². The van der Waals surface area contributed by atoms with Crippen LogP contribution in [-0.4, -0.2) is 13.1 Å². The molecular weight excluding hydrogens is 241 g/mol. The third-order valence-corrected chi connectivity index (χ3v) is 3.19. The Morgan fingerprint density at radius 2 is 2.05 bits per heavy atom. The van der Waals surface area contributed by atoms with Gasteiger partial charge in [0.25, 0.3) is 0 Å². The topological polar surface area (TPSA) is 25.2 Å². The second kappa shape index (κ2) is 7.10. The van der Waals surface area contributed by atoms with Gasteiger partial charge in [-0.15, -0.1) is 0 Å². The zero-order valence-electron chi connectivity index (χ0n) is 11.2. The molecule has 0 saturated heterocycles. The molecule has 0 spiro atoms. The minimum absolute atomic E-state index is 0.0962. The van der Waals surface area contributed by atoms with Crippen LogP contribution in [0, 0.1) is 5.82 Å². The number of furan rings is 1. The van der Waals surface area contributed by atoms with Crippen molar-refractivity contribution in [3.63, 3.8) is 0 Å². The van der Waals surface area contributed by atoms with Crippen LogP contribution < -0.4 is 5.32 Å². The summed E-state index contributed by atoms with van der Waals surface area (Å²) in [4.78, 5) is 0. The van der Waals surface area contributed by atoms with Crippen molar-refractivity contribution in [2.45, 2.75) is 25.7 Å². The molecule has 3 heteroatoms. The van der Waals surface area contributed by atoms with E-state index in [0.29, 0.717) is 6.42 Å². The lowest BCUT2D eigenvalue weighted by Gasteiger charge is -2.17. The summed E-state index contributed by atoms with van der Waals surface area (Å²) in [6, 6.07) is 10.8. The molecule has 0 aliphatic rings. The molecule has 0 fully saturated rings. The van der Waals surface area contributed by atoms with Crippen molar-refractivity contribution in [2.75, 3.05) is 13.1 Å². The van der Waals surface area contributed by atoms with Gasteiger partial charge >= 0.3 is 0 Å². The molecule has 19 heavy (non-hydrogen) atoms. The van der Waals surface area contributed by atoms with Crippen LogP contribution >= 0.6 is 0 Å². The highest BCUT2D eigenvalue weighted by Crippen LogP contribution is 2.23. The zero-order valence-corrected chi connectivity index (χ0v) is 11.2. The molecule has 102 valence electrons. The summed E-state index contributed by atoms with van der Waals surface area (Å²) in [7, 11) is 0. The molecule has 0 aliphatic carbocycles. The summed E-state index contributed by atoms with van der Waals surface area (Å²) in [5.41, 5.74) is 0.752. The minimum Gasteiger partial charge on any atom is -0.469 e. The van der Waals surface area contributed by atoms with E-state index in [1.165, 1.54) is 6.07 Å². The summed E-state index contributed by atoms with van der Waals surface area (Å²) >= 11 is 0. The van der Waals surface area contributed by atoms with Crippen molar-refractivity contribution in [3.8, 4) is 0 Å². The highest BCUT2D eigenvalue weighted by atomic mass is 19.1. The molecule has 1 N–H and O–H groups in total. The van der Waals surface area contributed by atoms with E-state index in [1.54, 1.807) is 12.3 Å². The van der Waals surface area contributed by atoms with Crippen molar-refractivity contribution in [3.05, 3.63) is 59.8 Å². The van der Waals surface area contributed by atoms with Crippen LogP contribution in [0.5, 0.6) is 0 Å². The van der Waals surface area contributed by atoms with Crippen molar-refractivity contribution >= 4 is 0 Å². The Morgan fingerprint density at radius 3 is 2.74 bits per heavy atom. The predicted octanol–water partition coefficient (Wildman–Crippen LogP) is 3.74. The molecule has 0 saturated carbocycles. The Morgan fingerprint density at radius 1 is 1.21 bits per heavy atom. The number of benzene rings is 1. The number of hydrogen-bond donors (Lipinski definition) is 1. The third-order valence-electron chi connectivity index (χ3n) is 3.19. The van der Waals surface area contributed by atoms with Crippen molar-refractivity contribution in [2.24, 2.45) is 0 Å². The van der Waals surface area contributed by atoms with Crippen molar-refractivity contribution in [1.82, 2.24) is 5.32 Å². The zero-order chi connectivity index (χ0) is 13.5. The van der Waals surface area contributed by atoms with E-state index in [1.807, 2.05) is 24.3 Å². The summed E-state index contributed by atoms with van der Waals surface area (Å²) in [6.45, 7) is 3.83. The highest BCUT2D eigenvalue weighted by molar-refractivity contribution is 5.23. The number of nitrogens with one attached hydrogen (secondary N) is 1. The minimum atomic E-state index is -0.141. The van der Waals surface area contributed by atoms with Crippen molar-refractivity contribution < 1.29 is 8.81 Å². The van der Waals surface area contributed by atoms with Gasteiger partial charge in [0, 0.05) is 18.9 Å². The Bertz CT molecular complexity index is 481. The van der Waals surface area contributed by atoms with E-state index in [4.69, 9.17) is 4.42 Å². The maximum absolute atomic E-state index is 13.9. The Balaban J connectivity index is 2.11. The van der Waals surface area contributed by atoms with E-state index >= 15 is 0 Å². The van der Waals surface area contributed by atoms with Gasteiger partial charge in [-0.3, -0.25) is 0 Å². The number of rotatable bonds is 7. The van der Waals surface area contributed by atoms with Gasteiger partial charge in [0.15, 0.2) is 0 Å². The quantitative estimate of drug-likeness (QED) is 0.768. The monoisotopic (exact) mass is 261 g/mol. The van der Waals surface area contributed by atoms with Crippen LogP contribution in [0.25, 0.3) is 0 Å². The molecular formula is C16H20FNO. The number of halogens is 1. The van der Waals surface area contributed by atoms with Crippen LogP contribution in [0.15, 0.2) is 47.1 Å². The molecule has 0 aliphatic heterocycles. The Kier molecular flexibility index (Phi) is 5.16. The van der Waals surface area contributed by atoms with Gasteiger partial charge in [0.1, 0.15) is 11.6 Å². The summed E-state index contributed by atoms with van der Waals surface area (Å²) in [5, 5.41) is 3.36. The maximum atomic E-state index is 13.9. The van der Waals surface area contributed by atoms with E-state index in [0.717, 1.165) is 30.8 Å². The highest BCUT2D eigenvalue weighted by Gasteiger charge is 2.17. The first kappa shape index (κ1) is 13.8. The molecule has 1 atom stereocenters. The smallest absolute Gasteiger partial charge is 0.126 e. The van der Waals surface area contributed by atoms with E-state index < -0.39 is 0 Å². The van der Waals surface area contributed by atoms with Gasteiger partial charge in [-0.2, -0.15) is 0 Å². The lowest BCUT2D eigenvalue weighted by Crippen LogP contribution is -2.24. The molecule has 1 unspecified atom stereocenters. The van der Waals surface area contributed by atoms with Crippen LogP contribution in [0.3, 0.4) is 0 Å². The summed E-state index contributed by atoms with van der Waals surface area (Å²) in [6.07, 6.45) is 3.45. The van der Waals surface area contributed by atoms with Crippen LogP contribution in [0.4, 0.5) is 4.39 Å².